The van der Waals surface area contributed by atoms with Gasteiger partial charge in [0.25, 0.3) is 0 Å². The number of rotatable bonds is 0. The molecular formula is C56H36O8. The van der Waals surface area contributed by atoms with E-state index in [4.69, 9.17) is 0 Å². The van der Waals surface area contributed by atoms with Crippen LogP contribution in [0.4, 0.5) is 0 Å². The van der Waals surface area contributed by atoms with Crippen LogP contribution in [0.2, 0.25) is 0 Å². The molecular weight excluding hydrogens is 801 g/mol. The number of phenolic OH excluding ortho intramolecular Hbond substituents is 4. The van der Waals surface area contributed by atoms with Gasteiger partial charge in [-0.25, -0.2) is 0 Å². The molecule has 64 heavy (non-hydrogen) atoms. The Hall–Kier alpha value is -8.88. The highest BCUT2D eigenvalue weighted by molar-refractivity contribution is 6.53. The predicted octanol–water partition coefficient (Wildman–Crippen LogP) is 12.0. The molecule has 0 saturated heterocycles. The van der Waals surface area contributed by atoms with Gasteiger partial charge in [-0.3, -0.25) is 19.2 Å². The first kappa shape index (κ1) is 40.5. The fraction of sp³-hybridized carbons (Fsp3) is 0. The molecule has 308 valence electrons. The van der Waals surface area contributed by atoms with E-state index in [1.807, 2.05) is 84.9 Å². The highest BCUT2D eigenvalue weighted by atomic mass is 16.3. The molecule has 0 atom stereocenters. The molecule has 12 rings (SSSR count). The first-order valence-corrected chi connectivity index (χ1v) is 20.3. The van der Waals surface area contributed by atoms with Gasteiger partial charge >= 0.3 is 0 Å². The lowest BCUT2D eigenvalue weighted by Crippen LogP contribution is -2.20. The molecule has 2 aliphatic carbocycles. The Kier molecular flexibility index (Phi) is 10.7. The molecule has 0 heterocycles. The van der Waals surface area contributed by atoms with Gasteiger partial charge in [0.2, 0.25) is 11.6 Å². The molecule has 0 aliphatic heterocycles. The summed E-state index contributed by atoms with van der Waals surface area (Å²) in [5.74, 6) is -0.586. The Bertz CT molecular complexity index is 3180. The zero-order valence-corrected chi connectivity index (χ0v) is 33.9. The third kappa shape index (κ3) is 7.04. The maximum absolute atomic E-state index is 12.1. The van der Waals surface area contributed by atoms with Gasteiger partial charge in [-0.05, 0) is 21.9 Å². The van der Waals surface area contributed by atoms with Crippen LogP contribution in [0.25, 0.3) is 54.2 Å². The molecule has 0 saturated carbocycles. The maximum Gasteiger partial charge on any atom is 0.234 e. The molecule has 0 bridgehead atoms. The summed E-state index contributed by atoms with van der Waals surface area (Å²) in [7, 11) is 0. The summed E-state index contributed by atoms with van der Waals surface area (Å²) in [6, 6.07) is 58.0. The number of fused-ring (bicyclic) bond motifs is 10. The molecule has 8 nitrogen and oxygen atoms in total. The van der Waals surface area contributed by atoms with E-state index >= 15 is 0 Å². The lowest BCUT2D eigenvalue weighted by atomic mass is 9.84. The second kappa shape index (κ2) is 16.9. The summed E-state index contributed by atoms with van der Waals surface area (Å²) < 4.78 is 0. The van der Waals surface area contributed by atoms with Gasteiger partial charge in [0.1, 0.15) is 11.5 Å². The first-order valence-electron chi connectivity index (χ1n) is 20.3. The average Bonchev–Trinajstić information content (AvgIpc) is 3.36. The quantitative estimate of drug-likeness (QED) is 0.0388. The van der Waals surface area contributed by atoms with E-state index in [0.29, 0.717) is 65.7 Å². The van der Waals surface area contributed by atoms with Crippen LogP contribution in [0.5, 0.6) is 23.0 Å². The third-order valence-electron chi connectivity index (χ3n) is 11.4. The zero-order valence-electron chi connectivity index (χ0n) is 33.9. The smallest absolute Gasteiger partial charge is 0.234 e. The van der Waals surface area contributed by atoms with Crippen molar-refractivity contribution in [1.82, 2.24) is 0 Å². The van der Waals surface area contributed by atoms with Crippen molar-refractivity contribution in [2.24, 2.45) is 0 Å². The number of aromatic hydroxyl groups is 4. The van der Waals surface area contributed by atoms with Crippen LogP contribution in [0.3, 0.4) is 0 Å². The largest absolute Gasteiger partial charge is 0.507 e. The predicted molar refractivity (Wildman–Crippen MR) is 250 cm³/mol. The maximum atomic E-state index is 12.1. The zero-order chi connectivity index (χ0) is 44.5. The number of carbonyl (C=O) groups is 4. The molecule has 10 aromatic carbocycles. The SMILES string of the molecule is O=C1C(=O)c2ccccc2-c2ccccc21.O=C1c2ccccc2C(=O)c2ccccc21.Oc1c(O)c2ccccc2c2ccccc12.Oc1c2ccccc2c(O)c2ccccc12. The lowest BCUT2D eigenvalue weighted by Gasteiger charge is -2.16. The van der Waals surface area contributed by atoms with Crippen molar-refractivity contribution in [2.45, 2.75) is 0 Å². The Labute approximate surface area is 366 Å². The van der Waals surface area contributed by atoms with Gasteiger partial charge in [0.05, 0.1) is 0 Å². The number of phenols is 4. The van der Waals surface area contributed by atoms with Crippen molar-refractivity contribution < 1.29 is 39.6 Å². The van der Waals surface area contributed by atoms with Crippen molar-refractivity contribution in [3.05, 3.63) is 228 Å². The van der Waals surface area contributed by atoms with E-state index < -0.39 is 11.6 Å². The average molecular weight is 837 g/mol. The van der Waals surface area contributed by atoms with E-state index in [2.05, 4.69) is 0 Å². The molecule has 0 amide bonds. The fourth-order valence-electron chi connectivity index (χ4n) is 8.31. The molecule has 0 unspecified atom stereocenters. The minimum atomic E-state index is -0.408. The number of benzene rings is 10. The van der Waals surface area contributed by atoms with Gasteiger partial charge in [0, 0.05) is 65.7 Å². The summed E-state index contributed by atoms with van der Waals surface area (Å²) in [6.07, 6.45) is 0. The van der Waals surface area contributed by atoms with E-state index in [-0.39, 0.29) is 34.6 Å². The van der Waals surface area contributed by atoms with Crippen LogP contribution in [-0.2, 0) is 0 Å². The van der Waals surface area contributed by atoms with Crippen LogP contribution >= 0.6 is 0 Å². The van der Waals surface area contributed by atoms with Crippen molar-refractivity contribution in [3.8, 4) is 34.1 Å². The van der Waals surface area contributed by atoms with Crippen LogP contribution in [-0.4, -0.2) is 43.6 Å². The molecule has 0 radical (unpaired) electrons. The van der Waals surface area contributed by atoms with Crippen LogP contribution in [0, 0.1) is 0 Å². The Morgan fingerprint density at radius 2 is 0.359 bits per heavy atom. The van der Waals surface area contributed by atoms with Crippen molar-refractivity contribution in [2.75, 3.05) is 0 Å². The molecule has 0 aromatic heterocycles. The minimum absolute atomic E-state index is 0.0469. The topological polar surface area (TPSA) is 149 Å². The van der Waals surface area contributed by atoms with Crippen molar-refractivity contribution in [1.29, 1.82) is 0 Å². The molecule has 0 fully saturated rings. The highest BCUT2D eigenvalue weighted by Crippen LogP contribution is 2.42. The van der Waals surface area contributed by atoms with Gasteiger partial charge in [-0.1, -0.05) is 194 Å². The van der Waals surface area contributed by atoms with Gasteiger partial charge in [0.15, 0.2) is 23.1 Å². The monoisotopic (exact) mass is 836 g/mol. The lowest BCUT2D eigenvalue weighted by molar-refractivity contribution is 0.0815. The van der Waals surface area contributed by atoms with Crippen LogP contribution in [0.1, 0.15) is 52.6 Å². The van der Waals surface area contributed by atoms with E-state index in [1.165, 1.54) is 0 Å². The Balaban J connectivity index is 0.000000108. The minimum Gasteiger partial charge on any atom is -0.507 e. The third-order valence-corrected chi connectivity index (χ3v) is 11.4. The van der Waals surface area contributed by atoms with E-state index in [9.17, 15) is 39.6 Å². The summed E-state index contributed by atoms with van der Waals surface area (Å²) in [5.41, 5.74) is 4.73. The summed E-state index contributed by atoms with van der Waals surface area (Å²) in [6.45, 7) is 0. The number of Topliss-reactive ketones (excluding diaryl/α,β-unsaturated/α-hetero) is 2. The fourth-order valence-corrected chi connectivity index (χ4v) is 8.31. The number of hydrogen-bond donors (Lipinski definition) is 4. The second-order valence-corrected chi connectivity index (χ2v) is 15.1. The normalized spacial score (nSPS) is 12.1. The van der Waals surface area contributed by atoms with Crippen molar-refractivity contribution >= 4 is 66.2 Å². The summed E-state index contributed by atoms with van der Waals surface area (Å²) in [5, 5.41) is 46.0. The van der Waals surface area contributed by atoms with Crippen LogP contribution in [0.15, 0.2) is 194 Å². The second-order valence-electron chi connectivity index (χ2n) is 15.1. The molecule has 10 aromatic rings. The van der Waals surface area contributed by atoms with Gasteiger partial charge in [-0.15, -0.1) is 0 Å². The molecule has 0 spiro atoms. The number of hydrogen-bond acceptors (Lipinski definition) is 8. The van der Waals surface area contributed by atoms with Gasteiger partial charge < -0.3 is 20.4 Å². The number of carbonyl (C=O) groups excluding carboxylic acids is 4. The summed E-state index contributed by atoms with van der Waals surface area (Å²) in [4.78, 5) is 47.9. The standard InChI is InChI=1S/C14H10O2.C14H8O2.C14H10O2.C14H8O2/c2*15-13-11-7-3-1-5-9(11)10-6-2-4-8-12(10)14(13)16;2*15-13-9-5-1-2-6-10(9)14(16)12-8-4-3-7-11(12)13/h1-8,15-16H;1-8H;1-8,15-16H;1-8H. The van der Waals surface area contributed by atoms with Crippen molar-refractivity contribution in [3.63, 3.8) is 0 Å². The van der Waals surface area contributed by atoms with Gasteiger partial charge in [-0.2, -0.15) is 0 Å². The highest BCUT2D eigenvalue weighted by Gasteiger charge is 2.30. The molecule has 2 aliphatic rings. The Morgan fingerprint density at radius 1 is 0.188 bits per heavy atom. The van der Waals surface area contributed by atoms with E-state index in [0.717, 1.165) is 21.9 Å². The number of ketones is 4. The summed E-state index contributed by atoms with van der Waals surface area (Å²) >= 11 is 0. The molecule has 4 N–H and O–H groups in total. The van der Waals surface area contributed by atoms with Crippen LogP contribution < -0.4 is 0 Å². The molecule has 8 heteroatoms. The van der Waals surface area contributed by atoms with E-state index in [1.54, 1.807) is 109 Å². The first-order chi connectivity index (χ1) is 31.2. The Morgan fingerprint density at radius 3 is 0.609 bits per heavy atom.